The molecule has 4 rings (SSSR count). The van der Waals surface area contributed by atoms with Crippen LogP contribution in [-0.4, -0.2) is 52.9 Å². The Kier molecular flexibility index (Phi) is 7.26. The molecule has 0 saturated carbocycles. The van der Waals surface area contributed by atoms with Crippen LogP contribution in [0.3, 0.4) is 0 Å². The van der Waals surface area contributed by atoms with Crippen molar-refractivity contribution >= 4 is 27.3 Å². The van der Waals surface area contributed by atoms with Crippen LogP contribution >= 0.6 is 11.3 Å². The van der Waals surface area contributed by atoms with Gasteiger partial charge in [0.2, 0.25) is 15.9 Å². The van der Waals surface area contributed by atoms with E-state index in [0.29, 0.717) is 30.4 Å². The molecule has 10 heteroatoms. The topological polar surface area (TPSA) is 96.6 Å². The zero-order valence-corrected chi connectivity index (χ0v) is 20.4. The lowest BCUT2D eigenvalue weighted by atomic mass is 10.1. The summed E-state index contributed by atoms with van der Waals surface area (Å²) in [6.45, 7) is 5.17. The maximum Gasteiger partial charge on any atom is 0.257 e. The summed E-state index contributed by atoms with van der Waals surface area (Å²) in [5, 5.41) is 10.1. The molecule has 176 valence electrons. The number of piperidine rings is 1. The molecule has 0 spiro atoms. The zero-order chi connectivity index (χ0) is 23.4. The molecule has 8 nitrogen and oxygen atoms in total. The van der Waals surface area contributed by atoms with Gasteiger partial charge in [-0.05, 0) is 61.9 Å². The standard InChI is InChI=1S/C23H28N4O4S2/c1-3-13-26(16-21-24-25-22(31-21)20-8-6-15-32-20)23(28)18-9-11-19(12-10-18)33(29,30)27-14-5-4-7-17(27)2/h6,8-12,15,17H,3-5,7,13-14,16H2,1-2H3. The van der Waals surface area contributed by atoms with Crippen molar-refractivity contribution in [2.75, 3.05) is 13.1 Å². The molecule has 0 N–H and O–H groups in total. The Hall–Kier alpha value is -2.56. The number of amides is 1. The van der Waals surface area contributed by atoms with E-state index in [-0.39, 0.29) is 23.4 Å². The van der Waals surface area contributed by atoms with Crippen LogP contribution in [0.5, 0.6) is 0 Å². The van der Waals surface area contributed by atoms with Gasteiger partial charge in [0.15, 0.2) is 0 Å². The third-order valence-corrected chi connectivity index (χ3v) is 8.64. The van der Waals surface area contributed by atoms with Crippen molar-refractivity contribution in [1.82, 2.24) is 19.4 Å². The van der Waals surface area contributed by atoms with Gasteiger partial charge < -0.3 is 9.32 Å². The van der Waals surface area contributed by atoms with Gasteiger partial charge in [0.1, 0.15) is 0 Å². The van der Waals surface area contributed by atoms with E-state index in [2.05, 4.69) is 10.2 Å². The lowest BCUT2D eigenvalue weighted by Crippen LogP contribution is -2.41. The highest BCUT2D eigenvalue weighted by Gasteiger charge is 2.31. The summed E-state index contributed by atoms with van der Waals surface area (Å²) in [5.41, 5.74) is 0.423. The van der Waals surface area contributed by atoms with Crippen LogP contribution in [0, 0.1) is 0 Å². The van der Waals surface area contributed by atoms with Gasteiger partial charge in [-0.1, -0.05) is 19.4 Å². The Morgan fingerprint density at radius 3 is 2.67 bits per heavy atom. The van der Waals surface area contributed by atoms with Gasteiger partial charge in [-0.3, -0.25) is 4.79 Å². The fraction of sp³-hybridized carbons (Fsp3) is 0.435. The predicted molar refractivity (Wildman–Crippen MR) is 126 cm³/mol. The van der Waals surface area contributed by atoms with Crippen LogP contribution in [0.15, 0.2) is 51.1 Å². The van der Waals surface area contributed by atoms with Gasteiger partial charge in [0.05, 0.1) is 16.3 Å². The number of aromatic nitrogens is 2. The minimum Gasteiger partial charge on any atom is -0.418 e. The number of benzene rings is 1. The maximum absolute atomic E-state index is 13.2. The molecular formula is C23H28N4O4S2. The third-order valence-electron chi connectivity index (χ3n) is 5.76. The van der Waals surface area contributed by atoms with E-state index in [1.54, 1.807) is 21.3 Å². The zero-order valence-electron chi connectivity index (χ0n) is 18.8. The second-order valence-electron chi connectivity index (χ2n) is 8.19. The lowest BCUT2D eigenvalue weighted by Gasteiger charge is -2.32. The number of hydrogen-bond donors (Lipinski definition) is 0. The Labute approximate surface area is 198 Å². The molecule has 2 aromatic heterocycles. The smallest absolute Gasteiger partial charge is 0.257 e. The monoisotopic (exact) mass is 488 g/mol. The first-order valence-corrected chi connectivity index (χ1v) is 13.5. The van der Waals surface area contributed by atoms with Gasteiger partial charge in [-0.25, -0.2) is 8.42 Å². The van der Waals surface area contributed by atoms with Crippen LogP contribution in [0.4, 0.5) is 0 Å². The molecule has 1 aliphatic rings. The third kappa shape index (κ3) is 5.18. The van der Waals surface area contributed by atoms with E-state index in [0.717, 1.165) is 30.6 Å². The second-order valence-corrected chi connectivity index (χ2v) is 11.0. The number of carbonyl (C=O) groups excluding carboxylic acids is 1. The molecule has 33 heavy (non-hydrogen) atoms. The largest absolute Gasteiger partial charge is 0.418 e. The second kappa shape index (κ2) is 10.1. The van der Waals surface area contributed by atoms with Gasteiger partial charge in [0, 0.05) is 24.7 Å². The summed E-state index contributed by atoms with van der Waals surface area (Å²) in [6, 6.07) is 10.0. The molecule has 1 saturated heterocycles. The fourth-order valence-corrected chi connectivity index (χ4v) is 6.36. The van der Waals surface area contributed by atoms with Crippen LogP contribution in [-0.2, 0) is 16.6 Å². The number of thiophene rings is 1. The molecule has 0 radical (unpaired) electrons. The molecule has 1 unspecified atom stereocenters. The molecule has 1 fully saturated rings. The Bertz CT molecular complexity index is 1170. The summed E-state index contributed by atoms with van der Waals surface area (Å²) < 4.78 is 33.4. The molecule has 0 bridgehead atoms. The number of nitrogens with zero attached hydrogens (tertiary/aromatic N) is 4. The number of carbonyl (C=O) groups is 1. The fourth-order valence-electron chi connectivity index (χ4n) is 4.02. The van der Waals surface area contributed by atoms with Crippen molar-refractivity contribution in [2.45, 2.75) is 57.0 Å². The molecule has 3 heterocycles. The van der Waals surface area contributed by atoms with E-state index in [9.17, 15) is 13.2 Å². The van der Waals surface area contributed by atoms with E-state index in [1.807, 2.05) is 31.4 Å². The van der Waals surface area contributed by atoms with E-state index in [1.165, 1.54) is 23.5 Å². The molecule has 1 amide bonds. The molecule has 1 atom stereocenters. The number of hydrogen-bond acceptors (Lipinski definition) is 7. The Morgan fingerprint density at radius 1 is 1.21 bits per heavy atom. The van der Waals surface area contributed by atoms with Crippen molar-refractivity contribution < 1.29 is 17.6 Å². The first kappa shape index (κ1) is 23.6. The van der Waals surface area contributed by atoms with Crippen LogP contribution in [0.25, 0.3) is 10.8 Å². The maximum atomic E-state index is 13.2. The minimum absolute atomic E-state index is 0.0152. The average molecular weight is 489 g/mol. The van der Waals surface area contributed by atoms with Crippen molar-refractivity contribution in [3.63, 3.8) is 0 Å². The predicted octanol–water partition coefficient (Wildman–Crippen LogP) is 4.41. The first-order chi connectivity index (χ1) is 15.9. The quantitative estimate of drug-likeness (QED) is 0.466. The van der Waals surface area contributed by atoms with Gasteiger partial charge >= 0.3 is 0 Å². The molecule has 0 aliphatic carbocycles. The first-order valence-electron chi connectivity index (χ1n) is 11.2. The van der Waals surface area contributed by atoms with E-state index >= 15 is 0 Å². The SMILES string of the molecule is CCCN(Cc1nnc(-c2cccs2)o1)C(=O)c1ccc(S(=O)(=O)N2CCCCC2C)cc1. The number of rotatable bonds is 8. The van der Waals surface area contributed by atoms with Crippen molar-refractivity contribution in [3.8, 4) is 10.8 Å². The van der Waals surface area contributed by atoms with Crippen molar-refractivity contribution in [2.24, 2.45) is 0 Å². The normalized spacial score (nSPS) is 17.2. The average Bonchev–Trinajstić information content (AvgIpc) is 3.51. The van der Waals surface area contributed by atoms with Crippen LogP contribution in [0.1, 0.15) is 55.8 Å². The van der Waals surface area contributed by atoms with Crippen molar-refractivity contribution in [3.05, 3.63) is 53.2 Å². The van der Waals surface area contributed by atoms with Gasteiger partial charge in [0.25, 0.3) is 11.8 Å². The van der Waals surface area contributed by atoms with Crippen molar-refractivity contribution in [1.29, 1.82) is 0 Å². The summed E-state index contributed by atoms with van der Waals surface area (Å²) in [7, 11) is -3.58. The summed E-state index contributed by atoms with van der Waals surface area (Å²) in [4.78, 5) is 15.9. The molecule has 3 aromatic rings. The molecule has 1 aromatic carbocycles. The van der Waals surface area contributed by atoms with E-state index in [4.69, 9.17) is 4.42 Å². The highest BCUT2D eigenvalue weighted by atomic mass is 32.2. The minimum atomic E-state index is -3.58. The Morgan fingerprint density at radius 2 is 2.00 bits per heavy atom. The lowest BCUT2D eigenvalue weighted by molar-refractivity contribution is 0.0728. The summed E-state index contributed by atoms with van der Waals surface area (Å²) in [5.74, 6) is 0.590. The molecular weight excluding hydrogens is 460 g/mol. The summed E-state index contributed by atoms with van der Waals surface area (Å²) >= 11 is 1.51. The Balaban J connectivity index is 1.49. The van der Waals surface area contributed by atoms with Gasteiger partial charge in [-0.2, -0.15) is 4.31 Å². The summed E-state index contributed by atoms with van der Waals surface area (Å²) in [6.07, 6.45) is 3.54. The number of sulfonamides is 1. The van der Waals surface area contributed by atoms with E-state index < -0.39 is 10.0 Å². The highest BCUT2D eigenvalue weighted by molar-refractivity contribution is 7.89. The van der Waals surface area contributed by atoms with Crippen LogP contribution < -0.4 is 0 Å². The highest BCUT2D eigenvalue weighted by Crippen LogP contribution is 2.26. The van der Waals surface area contributed by atoms with Crippen LogP contribution in [0.2, 0.25) is 0 Å². The molecule has 1 aliphatic heterocycles. The van der Waals surface area contributed by atoms with Gasteiger partial charge in [-0.15, -0.1) is 21.5 Å².